The number of fused-ring (bicyclic) bond motifs is 1. The number of carbonyl (C=O) groups is 2. The van der Waals surface area contributed by atoms with Gasteiger partial charge in [-0.1, -0.05) is 6.07 Å². The number of nitrogens with one attached hydrogen (secondary N) is 2. The van der Waals surface area contributed by atoms with Gasteiger partial charge in [0.2, 0.25) is 11.8 Å². The van der Waals surface area contributed by atoms with E-state index >= 15 is 0 Å². The number of hydrogen-bond donors (Lipinski definition) is 2. The van der Waals surface area contributed by atoms with Crippen molar-refractivity contribution < 1.29 is 9.59 Å². The number of amides is 2. The molecule has 0 saturated carbocycles. The standard InChI is InChI=1S/C14H17N3O2/c1-17-7-9-2-3-11(6-10(9)8-17)15-12-4-5-13(18)16-14(12)19/h2-3,6,12,15H,4-5,7-8H2,1H3,(H,16,18,19). The smallest absolute Gasteiger partial charge is 0.249 e. The number of anilines is 1. The summed E-state index contributed by atoms with van der Waals surface area (Å²) in [4.78, 5) is 25.0. The molecule has 2 aliphatic heterocycles. The van der Waals surface area contributed by atoms with Crippen LogP contribution < -0.4 is 10.6 Å². The van der Waals surface area contributed by atoms with Crippen molar-refractivity contribution in [2.24, 2.45) is 0 Å². The highest BCUT2D eigenvalue weighted by Gasteiger charge is 2.26. The lowest BCUT2D eigenvalue weighted by Crippen LogP contribution is -2.47. The van der Waals surface area contributed by atoms with Crippen molar-refractivity contribution in [2.75, 3.05) is 12.4 Å². The van der Waals surface area contributed by atoms with Crippen molar-refractivity contribution in [3.8, 4) is 0 Å². The lowest BCUT2D eigenvalue weighted by atomic mass is 10.0. The van der Waals surface area contributed by atoms with Crippen LogP contribution in [0, 0.1) is 0 Å². The van der Waals surface area contributed by atoms with Gasteiger partial charge in [-0.05, 0) is 36.7 Å². The third-order valence-electron chi connectivity index (χ3n) is 3.67. The Morgan fingerprint density at radius 2 is 2.05 bits per heavy atom. The summed E-state index contributed by atoms with van der Waals surface area (Å²) in [5, 5.41) is 5.57. The molecule has 0 radical (unpaired) electrons. The zero-order valence-electron chi connectivity index (χ0n) is 10.9. The second-order valence-corrected chi connectivity index (χ2v) is 5.30. The zero-order chi connectivity index (χ0) is 13.4. The molecule has 0 aliphatic carbocycles. The molecule has 19 heavy (non-hydrogen) atoms. The molecule has 1 aromatic rings. The van der Waals surface area contributed by atoms with Crippen LogP contribution in [-0.2, 0) is 22.7 Å². The van der Waals surface area contributed by atoms with Gasteiger partial charge in [-0.25, -0.2) is 0 Å². The van der Waals surface area contributed by atoms with Gasteiger partial charge in [0.05, 0.1) is 0 Å². The Morgan fingerprint density at radius 1 is 1.26 bits per heavy atom. The lowest BCUT2D eigenvalue weighted by molar-refractivity contribution is -0.133. The summed E-state index contributed by atoms with van der Waals surface area (Å²) >= 11 is 0. The highest BCUT2D eigenvalue weighted by molar-refractivity contribution is 6.01. The van der Waals surface area contributed by atoms with Crippen molar-refractivity contribution in [1.29, 1.82) is 0 Å². The SMILES string of the molecule is CN1Cc2ccc(NC3CCC(=O)NC3=O)cc2C1. The molecule has 1 saturated heterocycles. The maximum atomic E-state index is 11.7. The Hall–Kier alpha value is -1.88. The lowest BCUT2D eigenvalue weighted by Gasteiger charge is -2.23. The molecule has 0 spiro atoms. The summed E-state index contributed by atoms with van der Waals surface area (Å²) < 4.78 is 0. The van der Waals surface area contributed by atoms with Gasteiger partial charge in [-0.15, -0.1) is 0 Å². The van der Waals surface area contributed by atoms with E-state index in [1.165, 1.54) is 11.1 Å². The molecule has 1 aromatic carbocycles. The third kappa shape index (κ3) is 2.46. The number of hydrogen-bond acceptors (Lipinski definition) is 4. The highest BCUT2D eigenvalue weighted by atomic mass is 16.2. The summed E-state index contributed by atoms with van der Waals surface area (Å²) in [6, 6.07) is 5.90. The second-order valence-electron chi connectivity index (χ2n) is 5.30. The van der Waals surface area contributed by atoms with Crippen LogP contribution in [-0.4, -0.2) is 29.8 Å². The van der Waals surface area contributed by atoms with Crippen LogP contribution in [0.15, 0.2) is 18.2 Å². The Labute approximate surface area is 112 Å². The molecule has 2 heterocycles. The molecule has 5 heteroatoms. The van der Waals surface area contributed by atoms with Crippen LogP contribution >= 0.6 is 0 Å². The largest absolute Gasteiger partial charge is 0.374 e. The van der Waals surface area contributed by atoms with E-state index < -0.39 is 0 Å². The number of rotatable bonds is 2. The molecule has 2 amide bonds. The summed E-state index contributed by atoms with van der Waals surface area (Å²) in [5.41, 5.74) is 3.60. The minimum absolute atomic E-state index is 0.182. The van der Waals surface area contributed by atoms with Gasteiger partial charge >= 0.3 is 0 Å². The van der Waals surface area contributed by atoms with Crippen molar-refractivity contribution >= 4 is 17.5 Å². The van der Waals surface area contributed by atoms with Gasteiger partial charge in [-0.3, -0.25) is 19.8 Å². The first-order valence-electron chi connectivity index (χ1n) is 6.52. The third-order valence-corrected chi connectivity index (χ3v) is 3.67. The van der Waals surface area contributed by atoms with Gasteiger partial charge in [0.1, 0.15) is 6.04 Å². The van der Waals surface area contributed by atoms with E-state index in [2.05, 4.69) is 34.7 Å². The molecular formula is C14H17N3O2. The average molecular weight is 259 g/mol. The maximum Gasteiger partial charge on any atom is 0.249 e. The molecule has 3 rings (SSSR count). The average Bonchev–Trinajstić information content (AvgIpc) is 2.72. The van der Waals surface area contributed by atoms with E-state index in [1.54, 1.807) is 0 Å². The molecular weight excluding hydrogens is 242 g/mol. The molecule has 2 N–H and O–H groups in total. The molecule has 100 valence electrons. The van der Waals surface area contributed by atoms with E-state index in [9.17, 15) is 9.59 Å². The first-order chi connectivity index (χ1) is 9.11. The van der Waals surface area contributed by atoms with Crippen LogP contribution in [0.25, 0.3) is 0 Å². The van der Waals surface area contributed by atoms with Crippen molar-refractivity contribution in [2.45, 2.75) is 32.0 Å². The Bertz CT molecular complexity index is 541. The fourth-order valence-corrected chi connectivity index (χ4v) is 2.69. The van der Waals surface area contributed by atoms with E-state index in [4.69, 9.17) is 0 Å². The van der Waals surface area contributed by atoms with Gasteiger partial charge in [-0.2, -0.15) is 0 Å². The van der Waals surface area contributed by atoms with E-state index in [0.717, 1.165) is 18.8 Å². The van der Waals surface area contributed by atoms with Crippen molar-refractivity contribution in [3.05, 3.63) is 29.3 Å². The van der Waals surface area contributed by atoms with Crippen LogP contribution in [0.1, 0.15) is 24.0 Å². The predicted octanol–water partition coefficient (Wildman–Crippen LogP) is 0.849. The number of imide groups is 1. The Balaban J connectivity index is 1.72. The number of nitrogens with zero attached hydrogens (tertiary/aromatic N) is 1. The highest BCUT2D eigenvalue weighted by Crippen LogP contribution is 2.25. The van der Waals surface area contributed by atoms with Crippen LogP contribution in [0.3, 0.4) is 0 Å². The van der Waals surface area contributed by atoms with Gasteiger partial charge in [0.15, 0.2) is 0 Å². The normalized spacial score (nSPS) is 23.1. The summed E-state index contributed by atoms with van der Waals surface area (Å²) in [6.45, 7) is 1.92. The number of carbonyl (C=O) groups excluding carboxylic acids is 2. The van der Waals surface area contributed by atoms with E-state index in [-0.39, 0.29) is 17.9 Å². The molecule has 2 aliphatic rings. The maximum absolute atomic E-state index is 11.7. The molecule has 0 aromatic heterocycles. The monoisotopic (exact) mass is 259 g/mol. The van der Waals surface area contributed by atoms with Gasteiger partial charge in [0, 0.05) is 25.2 Å². The minimum atomic E-state index is -0.310. The zero-order valence-corrected chi connectivity index (χ0v) is 10.9. The van der Waals surface area contributed by atoms with Crippen LogP contribution in [0.2, 0.25) is 0 Å². The number of benzene rings is 1. The van der Waals surface area contributed by atoms with E-state index in [0.29, 0.717) is 12.8 Å². The topological polar surface area (TPSA) is 61.4 Å². The molecule has 5 nitrogen and oxygen atoms in total. The first-order valence-corrected chi connectivity index (χ1v) is 6.52. The Kier molecular flexibility index (Phi) is 2.98. The molecule has 1 atom stereocenters. The minimum Gasteiger partial charge on any atom is -0.374 e. The first kappa shape index (κ1) is 12.2. The summed E-state index contributed by atoms with van der Waals surface area (Å²) in [7, 11) is 2.09. The molecule has 1 unspecified atom stereocenters. The van der Waals surface area contributed by atoms with E-state index in [1.807, 2.05) is 6.07 Å². The fraction of sp³-hybridized carbons (Fsp3) is 0.429. The van der Waals surface area contributed by atoms with Gasteiger partial charge < -0.3 is 5.32 Å². The second kappa shape index (κ2) is 4.66. The van der Waals surface area contributed by atoms with Gasteiger partial charge in [0.25, 0.3) is 0 Å². The van der Waals surface area contributed by atoms with Crippen molar-refractivity contribution in [1.82, 2.24) is 10.2 Å². The predicted molar refractivity (Wildman–Crippen MR) is 71.4 cm³/mol. The molecule has 1 fully saturated rings. The van der Waals surface area contributed by atoms with Crippen molar-refractivity contribution in [3.63, 3.8) is 0 Å². The van der Waals surface area contributed by atoms with Crippen LogP contribution in [0.5, 0.6) is 0 Å². The molecule has 0 bridgehead atoms. The summed E-state index contributed by atoms with van der Waals surface area (Å²) in [6.07, 6.45) is 0.957. The number of piperidine rings is 1. The van der Waals surface area contributed by atoms with Crippen LogP contribution in [0.4, 0.5) is 5.69 Å². The Morgan fingerprint density at radius 3 is 2.84 bits per heavy atom. The quantitative estimate of drug-likeness (QED) is 0.773. The fourth-order valence-electron chi connectivity index (χ4n) is 2.69. The summed E-state index contributed by atoms with van der Waals surface area (Å²) in [5.74, 6) is -0.410.